The highest BCUT2D eigenvalue weighted by Gasteiger charge is 2.20. The summed E-state index contributed by atoms with van der Waals surface area (Å²) in [7, 11) is 1.25. The van der Waals surface area contributed by atoms with Gasteiger partial charge in [0, 0.05) is 5.56 Å². The minimum absolute atomic E-state index is 0.0263. The number of carbonyl (C=O) groups is 1. The molecule has 2 aromatic rings. The van der Waals surface area contributed by atoms with Crippen LogP contribution >= 0.6 is 11.6 Å². The molecule has 1 heterocycles. The predicted molar refractivity (Wildman–Crippen MR) is 79.9 cm³/mol. The Morgan fingerprint density at radius 1 is 1.38 bits per heavy atom. The van der Waals surface area contributed by atoms with E-state index >= 15 is 0 Å². The number of hydrogen-bond acceptors (Lipinski definition) is 5. The van der Waals surface area contributed by atoms with Gasteiger partial charge in [0.25, 0.3) is 0 Å². The Hall–Kier alpha value is -2.58. The molecule has 0 spiro atoms. The number of ether oxygens (including phenoxy) is 1. The van der Waals surface area contributed by atoms with Gasteiger partial charge < -0.3 is 10.5 Å². The summed E-state index contributed by atoms with van der Waals surface area (Å²) < 4.78 is 4.65. The summed E-state index contributed by atoms with van der Waals surface area (Å²) in [4.78, 5) is 16.0. The molecule has 2 N–H and O–H groups in total. The lowest BCUT2D eigenvalue weighted by Gasteiger charge is -2.12. The zero-order valence-corrected chi connectivity index (χ0v) is 12.2. The lowest BCUT2D eigenvalue weighted by atomic mass is 10.0. The minimum atomic E-state index is -0.651. The zero-order chi connectivity index (χ0) is 15.6. The average molecular weight is 302 g/mol. The fourth-order valence-corrected chi connectivity index (χ4v) is 2.14. The van der Waals surface area contributed by atoms with Crippen molar-refractivity contribution < 1.29 is 9.53 Å². The summed E-state index contributed by atoms with van der Waals surface area (Å²) in [5.41, 5.74) is 8.66. The lowest BCUT2D eigenvalue weighted by Crippen LogP contribution is -2.09. The molecular weight excluding hydrogens is 290 g/mol. The number of pyridine rings is 1. The van der Waals surface area contributed by atoms with Crippen molar-refractivity contribution >= 4 is 23.3 Å². The molecule has 0 amide bonds. The number of nitrogens with zero attached hydrogens (tertiary/aromatic N) is 2. The third-order valence-corrected chi connectivity index (χ3v) is 3.48. The maximum atomic E-state index is 11.7. The lowest BCUT2D eigenvalue weighted by molar-refractivity contribution is 0.0594. The average Bonchev–Trinajstić information content (AvgIpc) is 2.52. The molecule has 0 fully saturated rings. The molecule has 21 heavy (non-hydrogen) atoms. The first kappa shape index (κ1) is 14.8. The van der Waals surface area contributed by atoms with Gasteiger partial charge in [-0.15, -0.1) is 0 Å². The highest BCUT2D eigenvalue weighted by molar-refractivity contribution is 6.36. The molecule has 0 aliphatic rings. The highest BCUT2D eigenvalue weighted by atomic mass is 35.5. The number of nitrogens with two attached hydrogens (primary N) is 1. The molecule has 0 aliphatic heterocycles. The molecule has 106 valence electrons. The number of esters is 1. The van der Waals surface area contributed by atoms with Gasteiger partial charge in [-0.2, -0.15) is 5.26 Å². The molecule has 2 rings (SSSR count). The van der Waals surface area contributed by atoms with Crippen LogP contribution < -0.4 is 5.73 Å². The monoisotopic (exact) mass is 301 g/mol. The number of rotatable bonds is 2. The molecule has 0 bridgehead atoms. The first-order valence-corrected chi connectivity index (χ1v) is 6.41. The van der Waals surface area contributed by atoms with E-state index in [2.05, 4.69) is 9.72 Å². The van der Waals surface area contributed by atoms with E-state index in [0.29, 0.717) is 16.8 Å². The van der Waals surface area contributed by atoms with Crippen LogP contribution in [0.5, 0.6) is 0 Å². The Bertz CT molecular complexity index is 749. The van der Waals surface area contributed by atoms with Crippen molar-refractivity contribution in [2.75, 3.05) is 12.8 Å². The van der Waals surface area contributed by atoms with Crippen LogP contribution in [0.1, 0.15) is 21.6 Å². The van der Waals surface area contributed by atoms with Crippen LogP contribution in [0.2, 0.25) is 5.02 Å². The molecule has 5 nitrogen and oxygen atoms in total. The fraction of sp³-hybridized carbons (Fsp3) is 0.133. The van der Waals surface area contributed by atoms with E-state index in [1.165, 1.54) is 7.11 Å². The topological polar surface area (TPSA) is 89.0 Å². The van der Waals surface area contributed by atoms with Crippen molar-refractivity contribution in [3.05, 3.63) is 46.1 Å². The van der Waals surface area contributed by atoms with Gasteiger partial charge in [0.15, 0.2) is 5.69 Å². The maximum absolute atomic E-state index is 11.7. The van der Waals surface area contributed by atoms with Crippen molar-refractivity contribution in [2.45, 2.75) is 6.92 Å². The van der Waals surface area contributed by atoms with E-state index in [4.69, 9.17) is 22.6 Å². The summed E-state index contributed by atoms with van der Waals surface area (Å²) in [6, 6.07) is 8.85. The second-order valence-electron chi connectivity index (χ2n) is 4.34. The standard InChI is InChI=1S/C15H12ClN3O2/c1-8-12(18)11(16)14(15(20)21-2)19-13(8)10-5-3-9(7-17)4-6-10/h3-6H,1-2H3,(H2,18,19). The molecule has 0 saturated heterocycles. The number of carbonyl (C=O) groups excluding carboxylic acids is 1. The Kier molecular flexibility index (Phi) is 4.10. The predicted octanol–water partition coefficient (Wildman–Crippen LogP) is 2.95. The van der Waals surface area contributed by atoms with Gasteiger partial charge in [-0.1, -0.05) is 23.7 Å². The van der Waals surface area contributed by atoms with Crippen molar-refractivity contribution in [1.29, 1.82) is 5.26 Å². The number of nitriles is 1. The van der Waals surface area contributed by atoms with Crippen molar-refractivity contribution in [3.8, 4) is 17.3 Å². The molecule has 0 unspecified atom stereocenters. The molecule has 0 saturated carbocycles. The molecule has 1 aromatic carbocycles. The fourth-order valence-electron chi connectivity index (χ4n) is 1.88. The summed E-state index contributed by atoms with van der Waals surface area (Å²) in [6.07, 6.45) is 0. The largest absolute Gasteiger partial charge is 0.464 e. The van der Waals surface area contributed by atoms with Crippen LogP contribution in [0.4, 0.5) is 5.69 Å². The minimum Gasteiger partial charge on any atom is -0.464 e. The smallest absolute Gasteiger partial charge is 0.358 e. The Morgan fingerprint density at radius 3 is 2.52 bits per heavy atom. The first-order chi connectivity index (χ1) is 9.99. The normalized spacial score (nSPS) is 10.0. The van der Waals surface area contributed by atoms with Crippen molar-refractivity contribution in [3.63, 3.8) is 0 Å². The number of halogens is 1. The van der Waals surface area contributed by atoms with Crippen LogP contribution in [0.15, 0.2) is 24.3 Å². The number of aromatic nitrogens is 1. The zero-order valence-electron chi connectivity index (χ0n) is 11.5. The summed E-state index contributed by atoms with van der Waals surface area (Å²) in [5.74, 6) is -0.651. The van der Waals surface area contributed by atoms with Gasteiger partial charge in [-0.3, -0.25) is 0 Å². The van der Waals surface area contributed by atoms with Crippen LogP contribution in [0.25, 0.3) is 11.3 Å². The second-order valence-corrected chi connectivity index (χ2v) is 4.72. The summed E-state index contributed by atoms with van der Waals surface area (Å²) >= 11 is 6.05. The van der Waals surface area contributed by atoms with E-state index in [9.17, 15) is 4.79 Å². The molecule has 0 atom stereocenters. The number of benzene rings is 1. The highest BCUT2D eigenvalue weighted by Crippen LogP contribution is 2.33. The third kappa shape index (κ3) is 2.67. The van der Waals surface area contributed by atoms with E-state index in [0.717, 1.165) is 5.56 Å². The third-order valence-electron chi connectivity index (χ3n) is 3.09. The number of nitrogen functional groups attached to an aromatic ring is 1. The van der Waals surface area contributed by atoms with Crippen LogP contribution in [0.3, 0.4) is 0 Å². The van der Waals surface area contributed by atoms with E-state index in [1.807, 2.05) is 6.07 Å². The van der Waals surface area contributed by atoms with E-state index < -0.39 is 5.97 Å². The summed E-state index contributed by atoms with van der Waals surface area (Å²) in [6.45, 7) is 1.77. The van der Waals surface area contributed by atoms with Gasteiger partial charge in [-0.05, 0) is 24.6 Å². The second kappa shape index (κ2) is 5.81. The van der Waals surface area contributed by atoms with E-state index in [1.54, 1.807) is 31.2 Å². The van der Waals surface area contributed by atoms with Gasteiger partial charge in [0.2, 0.25) is 0 Å². The van der Waals surface area contributed by atoms with Crippen LogP contribution in [-0.4, -0.2) is 18.1 Å². The quantitative estimate of drug-likeness (QED) is 0.861. The van der Waals surface area contributed by atoms with Crippen LogP contribution in [-0.2, 0) is 4.74 Å². The van der Waals surface area contributed by atoms with Gasteiger partial charge in [-0.25, -0.2) is 9.78 Å². The van der Waals surface area contributed by atoms with Crippen molar-refractivity contribution in [2.24, 2.45) is 0 Å². The molecule has 0 aliphatic carbocycles. The van der Waals surface area contributed by atoms with Crippen LogP contribution in [0, 0.1) is 18.3 Å². The number of anilines is 1. The Balaban J connectivity index is 2.65. The van der Waals surface area contributed by atoms with E-state index in [-0.39, 0.29) is 16.4 Å². The number of hydrogen-bond donors (Lipinski definition) is 1. The summed E-state index contributed by atoms with van der Waals surface area (Å²) in [5, 5.41) is 8.90. The molecule has 0 radical (unpaired) electrons. The first-order valence-electron chi connectivity index (χ1n) is 6.04. The molecular formula is C15H12ClN3O2. The molecule has 1 aromatic heterocycles. The SMILES string of the molecule is COC(=O)c1nc(-c2ccc(C#N)cc2)c(C)c(N)c1Cl. The Morgan fingerprint density at radius 2 is 2.00 bits per heavy atom. The van der Waals surface area contributed by atoms with Crippen molar-refractivity contribution in [1.82, 2.24) is 4.98 Å². The number of methoxy groups -OCH3 is 1. The Labute approximate surface area is 126 Å². The maximum Gasteiger partial charge on any atom is 0.358 e. The van der Waals surface area contributed by atoms with Gasteiger partial charge in [0.05, 0.1) is 35.1 Å². The van der Waals surface area contributed by atoms with Gasteiger partial charge in [0.1, 0.15) is 0 Å². The van der Waals surface area contributed by atoms with Gasteiger partial charge >= 0.3 is 5.97 Å². The molecule has 6 heteroatoms.